The van der Waals surface area contributed by atoms with Crippen molar-refractivity contribution >= 4 is 37.6 Å². The molecule has 3 rings (SSSR count). The number of sulfone groups is 1. The Morgan fingerprint density at radius 1 is 1.25 bits per heavy atom. The van der Waals surface area contributed by atoms with E-state index in [1.54, 1.807) is 6.92 Å². The quantitative estimate of drug-likeness (QED) is 0.767. The molecule has 0 spiro atoms. The van der Waals surface area contributed by atoms with Crippen LogP contribution >= 0.6 is 0 Å². The average Bonchev–Trinajstić information content (AvgIpc) is 2.84. The van der Waals surface area contributed by atoms with Gasteiger partial charge in [-0.15, -0.1) is 0 Å². The summed E-state index contributed by atoms with van der Waals surface area (Å²) < 4.78 is 25.3. The fraction of sp³-hybridized carbons (Fsp3) is 0.412. The van der Waals surface area contributed by atoms with Gasteiger partial charge in [0.2, 0.25) is 0 Å². The number of aromatic nitrogens is 3. The van der Waals surface area contributed by atoms with Crippen molar-refractivity contribution < 1.29 is 8.42 Å². The number of anilines is 1. The number of aryl methyl sites for hydroxylation is 2. The normalized spacial score (nSPS) is 13.6. The smallest absolute Gasteiger partial charge is 0.152 e. The van der Waals surface area contributed by atoms with E-state index in [9.17, 15) is 8.42 Å². The molecule has 0 saturated heterocycles. The van der Waals surface area contributed by atoms with Crippen LogP contribution in [-0.2, 0) is 16.4 Å². The van der Waals surface area contributed by atoms with Gasteiger partial charge < -0.3 is 10.3 Å². The second-order valence-corrected chi connectivity index (χ2v) is 8.77. The maximum absolute atomic E-state index is 11.6. The molecule has 24 heavy (non-hydrogen) atoms. The molecule has 0 saturated carbocycles. The predicted octanol–water partition coefficient (Wildman–Crippen LogP) is 2.69. The molecule has 2 heterocycles. The summed E-state index contributed by atoms with van der Waals surface area (Å²) >= 11 is 0. The standard InChI is InChI=1S/C17H22N4O2S/c1-11(24(3,22)23)7-6-10-21-12(2)19-15-16(21)13-8-4-5-9-14(13)20-17(15)18/h4-5,8-9,11H,6-7,10H2,1-3H3,(H2,18,20). The Hall–Kier alpha value is -2.15. The predicted molar refractivity (Wildman–Crippen MR) is 97.7 cm³/mol. The van der Waals surface area contributed by atoms with Gasteiger partial charge >= 0.3 is 0 Å². The van der Waals surface area contributed by atoms with Crippen LogP contribution in [0.1, 0.15) is 25.6 Å². The molecule has 2 N–H and O–H groups in total. The lowest BCUT2D eigenvalue weighted by Gasteiger charge is -2.12. The summed E-state index contributed by atoms with van der Waals surface area (Å²) in [6, 6.07) is 7.85. The number of para-hydroxylation sites is 1. The molecule has 128 valence electrons. The molecule has 0 bridgehead atoms. The van der Waals surface area contributed by atoms with Crippen LogP contribution in [-0.4, -0.2) is 34.5 Å². The van der Waals surface area contributed by atoms with Crippen LogP contribution in [0.3, 0.4) is 0 Å². The number of imidazole rings is 1. The van der Waals surface area contributed by atoms with Gasteiger partial charge in [-0.3, -0.25) is 0 Å². The zero-order chi connectivity index (χ0) is 17.5. The summed E-state index contributed by atoms with van der Waals surface area (Å²) in [5, 5.41) is 0.675. The largest absolute Gasteiger partial charge is 0.382 e. The maximum atomic E-state index is 11.6. The van der Waals surface area contributed by atoms with Gasteiger partial charge in [-0.05, 0) is 32.8 Å². The van der Waals surface area contributed by atoms with Crippen LogP contribution in [0.15, 0.2) is 24.3 Å². The second-order valence-electron chi connectivity index (χ2n) is 6.30. The topological polar surface area (TPSA) is 90.9 Å². The lowest BCUT2D eigenvalue weighted by Crippen LogP contribution is -2.16. The number of nitrogens with two attached hydrogens (primary N) is 1. The molecule has 1 unspecified atom stereocenters. The summed E-state index contributed by atoms with van der Waals surface area (Å²) in [6.45, 7) is 4.40. The van der Waals surface area contributed by atoms with Gasteiger partial charge in [0.25, 0.3) is 0 Å². The Labute approximate surface area is 141 Å². The molecule has 0 amide bonds. The third-order valence-electron chi connectivity index (χ3n) is 4.52. The lowest BCUT2D eigenvalue weighted by atomic mass is 10.2. The molecule has 2 aromatic heterocycles. The molecule has 0 aliphatic heterocycles. The van der Waals surface area contributed by atoms with E-state index in [0.717, 1.165) is 28.7 Å². The first kappa shape index (κ1) is 16.7. The minimum Gasteiger partial charge on any atom is -0.382 e. The van der Waals surface area contributed by atoms with E-state index in [0.29, 0.717) is 24.3 Å². The summed E-state index contributed by atoms with van der Waals surface area (Å²) in [7, 11) is -2.99. The molecule has 6 nitrogen and oxygen atoms in total. The number of pyridine rings is 1. The van der Waals surface area contributed by atoms with E-state index in [2.05, 4.69) is 14.5 Å². The van der Waals surface area contributed by atoms with E-state index >= 15 is 0 Å². The summed E-state index contributed by atoms with van der Waals surface area (Å²) in [5.74, 6) is 1.29. The van der Waals surface area contributed by atoms with Gasteiger partial charge in [0.05, 0.1) is 16.3 Å². The summed E-state index contributed by atoms with van der Waals surface area (Å²) in [5.41, 5.74) is 8.60. The van der Waals surface area contributed by atoms with E-state index in [1.807, 2.05) is 31.2 Å². The number of benzene rings is 1. The Morgan fingerprint density at radius 2 is 1.96 bits per heavy atom. The Balaban J connectivity index is 2.00. The van der Waals surface area contributed by atoms with Crippen LogP contribution in [0.4, 0.5) is 5.82 Å². The molecular formula is C17H22N4O2S. The number of rotatable bonds is 5. The number of hydrogen-bond donors (Lipinski definition) is 1. The highest BCUT2D eigenvalue weighted by Gasteiger charge is 2.17. The third-order valence-corrected chi connectivity index (χ3v) is 6.22. The zero-order valence-electron chi connectivity index (χ0n) is 14.2. The number of nitrogen functional groups attached to an aromatic ring is 1. The highest BCUT2D eigenvalue weighted by molar-refractivity contribution is 7.91. The fourth-order valence-electron chi connectivity index (χ4n) is 2.99. The third kappa shape index (κ3) is 2.96. The van der Waals surface area contributed by atoms with Gasteiger partial charge in [-0.25, -0.2) is 18.4 Å². The van der Waals surface area contributed by atoms with Gasteiger partial charge in [0.15, 0.2) is 5.82 Å². The van der Waals surface area contributed by atoms with Gasteiger partial charge in [0.1, 0.15) is 21.2 Å². The maximum Gasteiger partial charge on any atom is 0.152 e. The highest BCUT2D eigenvalue weighted by Crippen LogP contribution is 2.28. The number of nitrogens with zero attached hydrogens (tertiary/aromatic N) is 3. The van der Waals surface area contributed by atoms with E-state index in [1.165, 1.54) is 6.26 Å². The van der Waals surface area contributed by atoms with Crippen LogP contribution in [0.25, 0.3) is 21.9 Å². The molecule has 1 atom stereocenters. The van der Waals surface area contributed by atoms with Crippen molar-refractivity contribution in [3.05, 3.63) is 30.1 Å². The monoisotopic (exact) mass is 346 g/mol. The average molecular weight is 346 g/mol. The Kier molecular flexibility index (Phi) is 4.21. The first-order valence-electron chi connectivity index (χ1n) is 7.99. The highest BCUT2D eigenvalue weighted by atomic mass is 32.2. The van der Waals surface area contributed by atoms with E-state index in [-0.39, 0.29) is 5.25 Å². The van der Waals surface area contributed by atoms with Crippen molar-refractivity contribution in [3.8, 4) is 0 Å². The van der Waals surface area contributed by atoms with Crippen molar-refractivity contribution in [1.82, 2.24) is 14.5 Å². The molecule has 0 fully saturated rings. The van der Waals surface area contributed by atoms with Crippen molar-refractivity contribution in [1.29, 1.82) is 0 Å². The van der Waals surface area contributed by atoms with Gasteiger partial charge in [0, 0.05) is 18.2 Å². The molecule has 1 aromatic carbocycles. The second kappa shape index (κ2) is 6.05. The number of hydrogen-bond acceptors (Lipinski definition) is 5. The van der Waals surface area contributed by atoms with E-state index in [4.69, 9.17) is 5.73 Å². The van der Waals surface area contributed by atoms with Crippen molar-refractivity contribution in [2.45, 2.75) is 38.5 Å². The minimum absolute atomic E-state index is 0.337. The van der Waals surface area contributed by atoms with Crippen LogP contribution < -0.4 is 5.73 Å². The van der Waals surface area contributed by atoms with Gasteiger partial charge in [-0.1, -0.05) is 18.2 Å². The van der Waals surface area contributed by atoms with Crippen LogP contribution in [0.5, 0.6) is 0 Å². The Bertz CT molecular complexity index is 1010. The summed E-state index contributed by atoms with van der Waals surface area (Å²) in [4.78, 5) is 8.99. The number of fused-ring (bicyclic) bond motifs is 3. The molecule has 7 heteroatoms. The molecule has 0 radical (unpaired) electrons. The zero-order valence-corrected chi connectivity index (χ0v) is 15.0. The molecule has 0 aliphatic carbocycles. The fourth-order valence-corrected chi connectivity index (χ4v) is 3.59. The van der Waals surface area contributed by atoms with Crippen LogP contribution in [0.2, 0.25) is 0 Å². The van der Waals surface area contributed by atoms with E-state index < -0.39 is 9.84 Å². The first-order valence-corrected chi connectivity index (χ1v) is 9.94. The van der Waals surface area contributed by atoms with Crippen molar-refractivity contribution in [2.24, 2.45) is 0 Å². The van der Waals surface area contributed by atoms with Crippen molar-refractivity contribution in [3.63, 3.8) is 0 Å². The van der Waals surface area contributed by atoms with Crippen molar-refractivity contribution in [2.75, 3.05) is 12.0 Å². The molecule has 3 aromatic rings. The lowest BCUT2D eigenvalue weighted by molar-refractivity contribution is 0.561. The minimum atomic E-state index is -2.99. The molecular weight excluding hydrogens is 324 g/mol. The SMILES string of the molecule is Cc1nc2c(N)nc3ccccc3c2n1CCCC(C)S(C)(=O)=O. The Morgan fingerprint density at radius 3 is 2.67 bits per heavy atom. The summed E-state index contributed by atoms with van der Waals surface area (Å²) in [6.07, 6.45) is 2.67. The first-order chi connectivity index (χ1) is 11.3. The molecule has 0 aliphatic rings. The van der Waals surface area contributed by atoms with Gasteiger partial charge in [-0.2, -0.15) is 0 Å². The van der Waals surface area contributed by atoms with Crippen LogP contribution in [0, 0.1) is 6.92 Å².